The third-order valence-corrected chi connectivity index (χ3v) is 4.77. The molecular weight excluding hydrogens is 374 g/mol. The van der Waals surface area contributed by atoms with Gasteiger partial charge in [-0.05, 0) is 30.3 Å². The largest absolute Gasteiger partial charge is 0.486 e. The Morgan fingerprint density at radius 1 is 0.786 bits per heavy atom. The van der Waals surface area contributed by atoms with Gasteiger partial charge in [-0.3, -0.25) is 0 Å². The Morgan fingerprint density at radius 3 is 2.46 bits per heavy atom. The van der Waals surface area contributed by atoms with E-state index in [0.29, 0.717) is 24.0 Å². The fourth-order valence-electron chi connectivity index (χ4n) is 3.22. The van der Waals surface area contributed by atoms with E-state index in [4.69, 9.17) is 30.5 Å². The Kier molecular flexibility index (Phi) is 4.26. The lowest BCUT2D eigenvalue weighted by molar-refractivity contribution is 0.171. The molecule has 0 radical (unpaired) electrons. The Balaban J connectivity index is 1.73. The van der Waals surface area contributed by atoms with Gasteiger partial charge in [-0.2, -0.15) is 0 Å². The molecule has 0 atom stereocenters. The maximum atomic E-state index is 6.23. The second-order valence-corrected chi connectivity index (χ2v) is 6.88. The van der Waals surface area contributed by atoms with Crippen molar-refractivity contribution in [3.63, 3.8) is 0 Å². The molecule has 28 heavy (non-hydrogen) atoms. The van der Waals surface area contributed by atoms with E-state index in [9.17, 15) is 0 Å². The van der Waals surface area contributed by atoms with E-state index in [0.717, 1.165) is 39.1 Å². The van der Waals surface area contributed by atoms with E-state index < -0.39 is 0 Å². The Morgan fingerprint density at radius 2 is 1.61 bits per heavy atom. The number of hydrogen-bond acceptors (Lipinski definition) is 4. The summed E-state index contributed by atoms with van der Waals surface area (Å²) >= 11 is 6.23. The minimum Gasteiger partial charge on any atom is -0.486 e. The summed E-state index contributed by atoms with van der Waals surface area (Å²) in [4.78, 5) is 4.85. The summed E-state index contributed by atoms with van der Waals surface area (Å²) in [6.45, 7) is 1.10. The van der Waals surface area contributed by atoms with Gasteiger partial charge in [-0.15, -0.1) is 0 Å². The van der Waals surface area contributed by atoms with Crippen LogP contribution in [0.1, 0.15) is 0 Å². The number of fused-ring (bicyclic) bond motifs is 2. The standard InChI is InChI=1S/C23H16ClNO3/c24-16-6-8-20-18(12-16)19(14-22(28-20)15-4-2-1-3-5-15)25-17-7-9-21-23(13-17)27-11-10-26-21/h1-9,12-14H,10-11H2. The van der Waals surface area contributed by atoms with Crippen LogP contribution in [0.2, 0.25) is 5.02 Å². The molecule has 2 heterocycles. The summed E-state index contributed by atoms with van der Waals surface area (Å²) in [5.74, 6) is 2.19. The molecule has 0 N–H and O–H groups in total. The van der Waals surface area contributed by atoms with E-state index in [-0.39, 0.29) is 0 Å². The van der Waals surface area contributed by atoms with Crippen LogP contribution in [0, 0.1) is 0 Å². The molecule has 0 amide bonds. The van der Waals surface area contributed by atoms with Gasteiger partial charge < -0.3 is 13.9 Å². The van der Waals surface area contributed by atoms with Gasteiger partial charge in [0, 0.05) is 28.1 Å². The third-order valence-electron chi connectivity index (χ3n) is 4.54. The van der Waals surface area contributed by atoms with Crippen molar-refractivity contribution in [1.29, 1.82) is 0 Å². The first-order valence-corrected chi connectivity index (χ1v) is 9.37. The fraction of sp³-hybridized carbons (Fsp3) is 0.0870. The van der Waals surface area contributed by atoms with E-state index >= 15 is 0 Å². The van der Waals surface area contributed by atoms with Crippen molar-refractivity contribution in [3.05, 3.63) is 83.2 Å². The summed E-state index contributed by atoms with van der Waals surface area (Å²) in [5.41, 5.74) is 2.48. The van der Waals surface area contributed by atoms with Crippen molar-refractivity contribution in [2.45, 2.75) is 0 Å². The number of ether oxygens (including phenoxy) is 2. The zero-order valence-electron chi connectivity index (χ0n) is 14.9. The molecule has 0 saturated carbocycles. The molecule has 0 fully saturated rings. The topological polar surface area (TPSA) is 44.0 Å². The van der Waals surface area contributed by atoms with Gasteiger partial charge in [-0.25, -0.2) is 4.99 Å². The van der Waals surface area contributed by atoms with Crippen molar-refractivity contribution >= 4 is 28.3 Å². The summed E-state index contributed by atoms with van der Waals surface area (Å²) in [7, 11) is 0. The van der Waals surface area contributed by atoms with E-state index in [2.05, 4.69) is 0 Å². The predicted molar refractivity (Wildman–Crippen MR) is 109 cm³/mol. The first kappa shape index (κ1) is 16.9. The number of hydrogen-bond donors (Lipinski definition) is 0. The van der Waals surface area contributed by atoms with E-state index in [1.165, 1.54) is 0 Å². The van der Waals surface area contributed by atoms with Crippen molar-refractivity contribution in [2.75, 3.05) is 13.2 Å². The molecule has 4 nitrogen and oxygen atoms in total. The second-order valence-electron chi connectivity index (χ2n) is 6.44. The summed E-state index contributed by atoms with van der Waals surface area (Å²) < 4.78 is 17.4. The van der Waals surface area contributed by atoms with Crippen LogP contribution in [0.4, 0.5) is 5.69 Å². The van der Waals surface area contributed by atoms with E-state index in [1.54, 1.807) is 0 Å². The molecule has 138 valence electrons. The van der Waals surface area contributed by atoms with Crippen molar-refractivity contribution in [3.8, 4) is 22.8 Å². The average molecular weight is 390 g/mol. The molecule has 5 rings (SSSR count). The lowest BCUT2D eigenvalue weighted by Gasteiger charge is -2.18. The molecule has 1 aliphatic rings. The highest BCUT2D eigenvalue weighted by atomic mass is 35.5. The molecule has 1 aromatic heterocycles. The van der Waals surface area contributed by atoms with Crippen LogP contribution in [0.15, 0.2) is 82.2 Å². The maximum absolute atomic E-state index is 6.23. The molecule has 0 unspecified atom stereocenters. The van der Waals surface area contributed by atoms with Gasteiger partial charge in [-0.1, -0.05) is 41.9 Å². The summed E-state index contributed by atoms with van der Waals surface area (Å²) in [6.07, 6.45) is 0. The van der Waals surface area contributed by atoms with Gasteiger partial charge in [0.1, 0.15) is 24.6 Å². The number of halogens is 1. The number of benzene rings is 3. The fourth-order valence-corrected chi connectivity index (χ4v) is 3.39. The van der Waals surface area contributed by atoms with Gasteiger partial charge in [0.2, 0.25) is 0 Å². The Labute approximate surface area is 166 Å². The van der Waals surface area contributed by atoms with Crippen LogP contribution in [0.3, 0.4) is 0 Å². The predicted octanol–water partition coefficient (Wildman–Crippen LogP) is 5.76. The highest BCUT2D eigenvalue weighted by Crippen LogP contribution is 2.33. The van der Waals surface area contributed by atoms with Crippen LogP contribution < -0.4 is 14.8 Å². The zero-order chi connectivity index (χ0) is 18.9. The van der Waals surface area contributed by atoms with Gasteiger partial charge >= 0.3 is 0 Å². The zero-order valence-corrected chi connectivity index (χ0v) is 15.6. The summed E-state index contributed by atoms with van der Waals surface area (Å²) in [6, 6.07) is 23.1. The van der Waals surface area contributed by atoms with Gasteiger partial charge in [0.05, 0.1) is 11.0 Å². The first-order chi connectivity index (χ1) is 13.8. The van der Waals surface area contributed by atoms with Crippen LogP contribution in [0.5, 0.6) is 11.5 Å². The second kappa shape index (κ2) is 7.06. The Bertz CT molecular complexity index is 1230. The van der Waals surface area contributed by atoms with Crippen LogP contribution in [0.25, 0.3) is 22.3 Å². The number of rotatable bonds is 2. The maximum Gasteiger partial charge on any atom is 0.163 e. The SMILES string of the molecule is Clc1ccc2oc(-c3ccccc3)cc(=Nc3ccc4c(c3)OCCO4)c2c1. The minimum atomic E-state index is 0.539. The summed E-state index contributed by atoms with van der Waals surface area (Å²) in [5, 5.41) is 2.26. The first-order valence-electron chi connectivity index (χ1n) is 8.99. The molecule has 5 heteroatoms. The monoisotopic (exact) mass is 389 g/mol. The van der Waals surface area contributed by atoms with Crippen LogP contribution in [-0.2, 0) is 0 Å². The normalized spacial score (nSPS) is 13.7. The lowest BCUT2D eigenvalue weighted by atomic mass is 10.1. The minimum absolute atomic E-state index is 0.539. The molecule has 1 aliphatic heterocycles. The lowest BCUT2D eigenvalue weighted by Crippen LogP contribution is -2.15. The highest BCUT2D eigenvalue weighted by Gasteiger charge is 2.12. The molecule has 3 aromatic carbocycles. The molecule has 4 aromatic rings. The molecule has 0 saturated heterocycles. The quantitative estimate of drug-likeness (QED) is 0.438. The van der Waals surface area contributed by atoms with Gasteiger partial charge in [0.25, 0.3) is 0 Å². The number of nitrogens with zero attached hydrogens (tertiary/aromatic N) is 1. The molecule has 0 aliphatic carbocycles. The Hall–Kier alpha value is -3.24. The average Bonchev–Trinajstić information content (AvgIpc) is 2.74. The molecular formula is C23H16ClNO3. The third kappa shape index (κ3) is 3.23. The van der Waals surface area contributed by atoms with Gasteiger partial charge in [0.15, 0.2) is 11.5 Å². The van der Waals surface area contributed by atoms with Crippen molar-refractivity contribution in [2.24, 2.45) is 4.99 Å². The smallest absolute Gasteiger partial charge is 0.163 e. The van der Waals surface area contributed by atoms with Crippen molar-refractivity contribution < 1.29 is 13.9 Å². The highest BCUT2D eigenvalue weighted by molar-refractivity contribution is 6.31. The van der Waals surface area contributed by atoms with Crippen molar-refractivity contribution in [1.82, 2.24) is 0 Å². The van der Waals surface area contributed by atoms with Crippen LogP contribution in [-0.4, -0.2) is 13.2 Å². The van der Waals surface area contributed by atoms with Crippen LogP contribution >= 0.6 is 11.6 Å². The molecule has 0 spiro atoms. The molecule has 0 bridgehead atoms. The van der Waals surface area contributed by atoms with E-state index in [1.807, 2.05) is 72.8 Å².